The number of hydrogen-bond acceptors (Lipinski definition) is 1. The first-order valence-corrected chi connectivity index (χ1v) is 3.17. The molecule has 0 radical (unpaired) electrons. The van der Waals surface area contributed by atoms with Crippen molar-refractivity contribution in [1.29, 1.82) is 0 Å². The van der Waals surface area contributed by atoms with Crippen molar-refractivity contribution in [2.45, 2.75) is 26.8 Å². The average molecular weight is 122 g/mol. The summed E-state index contributed by atoms with van der Waals surface area (Å²) in [5.74, 6) is 0.997. The minimum absolute atomic E-state index is 0.997. The van der Waals surface area contributed by atoms with Gasteiger partial charge in [-0.25, -0.2) is 0 Å². The molecule has 0 N–H and O–H groups in total. The van der Waals surface area contributed by atoms with Crippen LogP contribution in [0.3, 0.4) is 0 Å². The van der Waals surface area contributed by atoms with E-state index in [-0.39, 0.29) is 0 Å². The summed E-state index contributed by atoms with van der Waals surface area (Å²) in [5, 5.41) is 0. The van der Waals surface area contributed by atoms with Crippen LogP contribution in [0.5, 0.6) is 0 Å². The van der Waals surface area contributed by atoms with Crippen LogP contribution >= 0.6 is 0 Å². The lowest BCUT2D eigenvalue weighted by molar-refractivity contribution is 0.655. The molecule has 48 valence electrons. The van der Waals surface area contributed by atoms with Crippen molar-refractivity contribution in [3.8, 4) is 0 Å². The maximum absolute atomic E-state index is 3.92. The lowest BCUT2D eigenvalue weighted by atomic mass is 10.5. The van der Waals surface area contributed by atoms with E-state index in [9.17, 15) is 0 Å². The molecule has 0 bridgehead atoms. The van der Waals surface area contributed by atoms with Crippen LogP contribution in [0, 0.1) is 19.3 Å². The minimum atomic E-state index is 0.997. The van der Waals surface area contributed by atoms with Crippen LogP contribution in [0.15, 0.2) is 0 Å². The van der Waals surface area contributed by atoms with Gasteiger partial charge in [-0.15, -0.1) is 0 Å². The molecule has 0 spiro atoms. The van der Waals surface area contributed by atoms with Gasteiger partial charge in [-0.3, -0.25) is 4.57 Å². The molecule has 0 unspecified atom stereocenters. The van der Waals surface area contributed by atoms with E-state index in [0.717, 1.165) is 18.8 Å². The lowest BCUT2D eigenvalue weighted by Gasteiger charge is -1.96. The van der Waals surface area contributed by atoms with Gasteiger partial charge in [0.1, 0.15) is 5.82 Å². The molecule has 0 atom stereocenters. The van der Waals surface area contributed by atoms with E-state index in [2.05, 4.69) is 24.3 Å². The molecule has 1 heterocycles. The Morgan fingerprint density at radius 3 is 2.89 bits per heavy atom. The van der Waals surface area contributed by atoms with E-state index in [1.165, 1.54) is 0 Å². The summed E-state index contributed by atoms with van der Waals surface area (Å²) in [6.45, 7) is 5.10. The van der Waals surface area contributed by atoms with E-state index < -0.39 is 0 Å². The highest BCUT2D eigenvalue weighted by Crippen LogP contribution is 1.90. The van der Waals surface area contributed by atoms with Gasteiger partial charge in [-0.1, -0.05) is 6.92 Å². The Kier molecular flexibility index (Phi) is 1.74. The summed E-state index contributed by atoms with van der Waals surface area (Å²) in [4.78, 5) is 3.92. The largest absolute Gasteiger partial charge is 0.287 e. The monoisotopic (exact) mass is 122 g/mol. The molecule has 2 heteroatoms. The van der Waals surface area contributed by atoms with Crippen LogP contribution < -0.4 is 0 Å². The Morgan fingerprint density at radius 2 is 2.44 bits per heavy atom. The standard InChI is InChI=1S/C7H10N2/c1-3-5-9-6-4-8-7(9)2/h3,5H2,1-2H3. The van der Waals surface area contributed by atoms with Gasteiger partial charge in [0.25, 0.3) is 0 Å². The Labute approximate surface area is 55.5 Å². The quantitative estimate of drug-likeness (QED) is 0.576. The molecule has 9 heavy (non-hydrogen) atoms. The molecular formula is C7H10N2. The van der Waals surface area contributed by atoms with Gasteiger partial charge in [-0.05, 0) is 13.3 Å². The van der Waals surface area contributed by atoms with Crippen molar-refractivity contribution in [1.82, 2.24) is 9.55 Å². The van der Waals surface area contributed by atoms with Crippen molar-refractivity contribution < 1.29 is 0 Å². The highest BCUT2D eigenvalue weighted by Gasteiger charge is 1.90. The highest BCUT2D eigenvalue weighted by molar-refractivity contribution is 4.79. The second kappa shape index (κ2) is 2.54. The fraction of sp³-hybridized carbons (Fsp3) is 0.571. The van der Waals surface area contributed by atoms with Crippen LogP contribution in [-0.4, -0.2) is 9.55 Å². The SMILES string of the molecule is CCCn1c#cnc1C. The molecule has 0 saturated heterocycles. The summed E-state index contributed by atoms with van der Waals surface area (Å²) in [6, 6.07) is 0. The number of aromatic nitrogens is 2. The Hall–Kier alpha value is -0.970. The molecule has 1 rings (SSSR count). The Bertz CT molecular complexity index is 179. The zero-order valence-electron chi connectivity index (χ0n) is 5.81. The third kappa shape index (κ3) is 1.23. The summed E-state index contributed by atoms with van der Waals surface area (Å²) in [7, 11) is 0. The third-order valence-electron chi connectivity index (χ3n) is 1.24. The van der Waals surface area contributed by atoms with E-state index in [4.69, 9.17) is 0 Å². The second-order valence-electron chi connectivity index (χ2n) is 2.03. The van der Waals surface area contributed by atoms with Crippen molar-refractivity contribution in [3.05, 3.63) is 18.2 Å². The van der Waals surface area contributed by atoms with Crippen molar-refractivity contribution >= 4 is 0 Å². The zero-order valence-corrected chi connectivity index (χ0v) is 5.81. The summed E-state index contributed by atoms with van der Waals surface area (Å²) >= 11 is 0. The first kappa shape index (κ1) is 6.15. The molecule has 0 saturated carbocycles. The fourth-order valence-electron chi connectivity index (χ4n) is 0.749. The zero-order chi connectivity index (χ0) is 6.69. The van der Waals surface area contributed by atoms with E-state index in [1.807, 2.05) is 11.5 Å². The van der Waals surface area contributed by atoms with Gasteiger partial charge in [0.05, 0.1) is 6.20 Å². The fourth-order valence-corrected chi connectivity index (χ4v) is 0.749. The Balaban J connectivity index is 2.69. The van der Waals surface area contributed by atoms with Crippen molar-refractivity contribution in [2.75, 3.05) is 0 Å². The molecule has 0 aliphatic carbocycles. The van der Waals surface area contributed by atoms with Crippen molar-refractivity contribution in [3.63, 3.8) is 0 Å². The van der Waals surface area contributed by atoms with Crippen LogP contribution in [0.4, 0.5) is 0 Å². The van der Waals surface area contributed by atoms with Crippen LogP contribution in [0.25, 0.3) is 0 Å². The summed E-state index contributed by atoms with van der Waals surface area (Å²) in [6.07, 6.45) is 6.68. The first-order chi connectivity index (χ1) is 4.34. The normalized spacial score (nSPS) is 9.11. The molecule has 0 amide bonds. The van der Waals surface area contributed by atoms with E-state index in [1.54, 1.807) is 0 Å². The van der Waals surface area contributed by atoms with Crippen LogP contribution in [0.2, 0.25) is 0 Å². The number of hydrogen-bond donors (Lipinski definition) is 0. The van der Waals surface area contributed by atoms with Crippen LogP contribution in [-0.2, 0) is 6.54 Å². The highest BCUT2D eigenvalue weighted by atomic mass is 15.0. The summed E-state index contributed by atoms with van der Waals surface area (Å²) in [5.41, 5.74) is 0. The lowest BCUT2D eigenvalue weighted by Crippen LogP contribution is -1.97. The molecule has 1 aromatic heterocycles. The number of aryl methyl sites for hydroxylation is 1. The maximum Gasteiger partial charge on any atom is 0.123 e. The van der Waals surface area contributed by atoms with Crippen LogP contribution in [0.1, 0.15) is 19.2 Å². The molecular weight excluding hydrogens is 112 g/mol. The third-order valence-corrected chi connectivity index (χ3v) is 1.24. The Morgan fingerprint density at radius 1 is 1.67 bits per heavy atom. The summed E-state index contributed by atoms with van der Waals surface area (Å²) < 4.78 is 1.97. The van der Waals surface area contributed by atoms with E-state index in [0.29, 0.717) is 0 Å². The minimum Gasteiger partial charge on any atom is -0.287 e. The second-order valence-corrected chi connectivity index (χ2v) is 2.03. The number of rotatable bonds is 2. The van der Waals surface area contributed by atoms with Gasteiger partial charge in [0.2, 0.25) is 0 Å². The van der Waals surface area contributed by atoms with Crippen molar-refractivity contribution in [2.24, 2.45) is 0 Å². The van der Waals surface area contributed by atoms with Gasteiger partial charge >= 0.3 is 0 Å². The average Bonchev–Trinajstić information content (AvgIpc) is 2.18. The van der Waals surface area contributed by atoms with Gasteiger partial charge in [0.15, 0.2) is 0 Å². The maximum atomic E-state index is 3.92. The molecule has 0 aliphatic rings. The smallest absolute Gasteiger partial charge is 0.123 e. The predicted molar refractivity (Wildman–Crippen MR) is 34.9 cm³/mol. The first-order valence-electron chi connectivity index (χ1n) is 3.17. The molecule has 0 fully saturated rings. The van der Waals surface area contributed by atoms with Gasteiger partial charge in [-0.2, -0.15) is 4.98 Å². The predicted octanol–water partition coefficient (Wildman–Crippen LogP) is 1.20. The molecule has 0 aromatic carbocycles. The molecule has 0 aliphatic heterocycles. The van der Waals surface area contributed by atoms with Gasteiger partial charge < -0.3 is 0 Å². The number of nitrogens with zero attached hydrogens (tertiary/aromatic N) is 2. The molecule has 2 nitrogen and oxygen atoms in total. The molecule has 1 aromatic rings. The van der Waals surface area contributed by atoms with Gasteiger partial charge in [0, 0.05) is 12.7 Å². The topological polar surface area (TPSA) is 17.8 Å². The van der Waals surface area contributed by atoms with E-state index >= 15 is 0 Å².